The van der Waals surface area contributed by atoms with E-state index in [0.717, 1.165) is 35.3 Å². The van der Waals surface area contributed by atoms with Crippen LogP contribution >= 0.6 is 0 Å². The molecule has 0 saturated heterocycles. The number of nitrogens with zero attached hydrogens (tertiary/aromatic N) is 2. The van der Waals surface area contributed by atoms with Crippen molar-refractivity contribution in [1.82, 2.24) is 9.88 Å². The smallest absolute Gasteiger partial charge is 0.177 e. The normalized spacial score (nSPS) is 10.9. The van der Waals surface area contributed by atoms with Gasteiger partial charge >= 0.3 is 0 Å². The molecular formula is C18H22N2O. The van der Waals surface area contributed by atoms with Gasteiger partial charge in [0.2, 0.25) is 0 Å². The van der Waals surface area contributed by atoms with Gasteiger partial charge in [0, 0.05) is 30.4 Å². The van der Waals surface area contributed by atoms with E-state index in [9.17, 15) is 4.79 Å². The Morgan fingerprint density at radius 3 is 2.71 bits per heavy atom. The Morgan fingerprint density at radius 1 is 1.19 bits per heavy atom. The third-order valence-corrected chi connectivity index (χ3v) is 3.58. The van der Waals surface area contributed by atoms with Crippen molar-refractivity contribution in [3.63, 3.8) is 0 Å². The van der Waals surface area contributed by atoms with Gasteiger partial charge in [0.15, 0.2) is 5.78 Å². The van der Waals surface area contributed by atoms with Gasteiger partial charge < -0.3 is 0 Å². The third-order valence-electron chi connectivity index (χ3n) is 3.58. The molecule has 0 aliphatic carbocycles. The van der Waals surface area contributed by atoms with Gasteiger partial charge in [0.25, 0.3) is 0 Å². The molecule has 0 N–H and O–H groups in total. The second-order valence-electron chi connectivity index (χ2n) is 5.55. The Balaban J connectivity index is 1.91. The summed E-state index contributed by atoms with van der Waals surface area (Å²) < 4.78 is 0. The number of carbonyl (C=O) groups is 1. The van der Waals surface area contributed by atoms with E-state index >= 15 is 0 Å². The molecule has 0 bridgehead atoms. The van der Waals surface area contributed by atoms with Crippen LogP contribution in [-0.4, -0.2) is 35.8 Å². The van der Waals surface area contributed by atoms with Crippen LogP contribution < -0.4 is 0 Å². The van der Waals surface area contributed by atoms with Crippen LogP contribution in [0.2, 0.25) is 0 Å². The molecule has 2 rings (SSSR count). The van der Waals surface area contributed by atoms with Gasteiger partial charge in [-0.2, -0.15) is 0 Å². The van der Waals surface area contributed by atoms with Crippen LogP contribution in [0.5, 0.6) is 0 Å². The number of likely N-dealkylation sites (N-methyl/N-ethyl adjacent to an activating group) is 1. The van der Waals surface area contributed by atoms with Crippen LogP contribution in [0.4, 0.5) is 0 Å². The zero-order chi connectivity index (χ0) is 15.2. The molecule has 0 radical (unpaired) electrons. The van der Waals surface area contributed by atoms with E-state index in [1.165, 1.54) is 0 Å². The van der Waals surface area contributed by atoms with Crippen LogP contribution in [0.15, 0.2) is 42.6 Å². The summed E-state index contributed by atoms with van der Waals surface area (Å²) in [7, 11) is 1.98. The number of hydrogen-bond donors (Lipinski definition) is 0. The first kappa shape index (κ1) is 15.4. The molecule has 1 heterocycles. The first-order valence-electron chi connectivity index (χ1n) is 7.25. The lowest BCUT2D eigenvalue weighted by atomic mass is 10.0. The minimum Gasteiger partial charge on any atom is -0.299 e. The quantitative estimate of drug-likeness (QED) is 0.763. The van der Waals surface area contributed by atoms with E-state index < -0.39 is 0 Å². The molecule has 110 valence electrons. The van der Waals surface area contributed by atoms with Crippen LogP contribution in [0, 0.1) is 13.8 Å². The van der Waals surface area contributed by atoms with Crippen molar-refractivity contribution in [3.05, 3.63) is 65.0 Å². The molecule has 2 aromatic rings. The number of aryl methyl sites for hydroxylation is 2. The van der Waals surface area contributed by atoms with E-state index in [1.54, 1.807) is 6.20 Å². The van der Waals surface area contributed by atoms with E-state index in [-0.39, 0.29) is 5.78 Å². The fourth-order valence-corrected chi connectivity index (χ4v) is 2.30. The maximum absolute atomic E-state index is 12.4. The minimum absolute atomic E-state index is 0.180. The largest absolute Gasteiger partial charge is 0.299 e. The lowest BCUT2D eigenvalue weighted by Gasteiger charge is -2.16. The predicted molar refractivity (Wildman–Crippen MR) is 85.7 cm³/mol. The number of pyridine rings is 1. The fraction of sp³-hybridized carbons (Fsp3) is 0.333. The first-order valence-corrected chi connectivity index (χ1v) is 7.25. The van der Waals surface area contributed by atoms with E-state index in [2.05, 4.69) is 9.88 Å². The highest BCUT2D eigenvalue weighted by Crippen LogP contribution is 2.12. The van der Waals surface area contributed by atoms with Crippen LogP contribution in [0.3, 0.4) is 0 Å². The maximum atomic E-state index is 12.4. The van der Waals surface area contributed by atoms with Crippen molar-refractivity contribution in [2.75, 3.05) is 20.1 Å². The van der Waals surface area contributed by atoms with Crippen LogP contribution in [0.25, 0.3) is 0 Å². The summed E-state index contributed by atoms with van der Waals surface area (Å²) in [6, 6.07) is 11.9. The summed E-state index contributed by atoms with van der Waals surface area (Å²) in [4.78, 5) is 18.7. The summed E-state index contributed by atoms with van der Waals surface area (Å²) in [6.07, 6.45) is 2.66. The molecule has 0 amide bonds. The average molecular weight is 282 g/mol. The Bertz CT molecular complexity index is 608. The number of Topliss-reactive ketones (excluding diaryl/α,β-unsaturated/α-hetero) is 1. The maximum Gasteiger partial charge on any atom is 0.177 e. The highest BCUT2D eigenvalue weighted by atomic mass is 16.1. The lowest BCUT2D eigenvalue weighted by Crippen LogP contribution is -2.28. The standard InChI is InChI=1S/C18H22N2O/c1-14-7-8-15(2)17(12-14)18(21)13-20(3)11-9-16-6-4-5-10-19-16/h4-8,10,12H,9,11,13H2,1-3H3. The molecule has 21 heavy (non-hydrogen) atoms. The van der Waals surface area contributed by atoms with Gasteiger partial charge in [-0.05, 0) is 44.7 Å². The Labute approximate surface area is 126 Å². The molecule has 0 saturated carbocycles. The zero-order valence-electron chi connectivity index (χ0n) is 13.0. The molecule has 1 aromatic heterocycles. The third kappa shape index (κ3) is 4.50. The molecule has 3 nitrogen and oxygen atoms in total. The molecule has 0 atom stereocenters. The van der Waals surface area contributed by atoms with Gasteiger partial charge in [-0.15, -0.1) is 0 Å². The van der Waals surface area contributed by atoms with E-state index in [0.29, 0.717) is 6.54 Å². The Hall–Kier alpha value is -2.00. The minimum atomic E-state index is 0.180. The first-order chi connectivity index (χ1) is 10.1. The van der Waals surface area contributed by atoms with Gasteiger partial charge in [0.05, 0.1) is 6.54 Å². The number of hydrogen-bond acceptors (Lipinski definition) is 3. The molecule has 1 aromatic carbocycles. The Morgan fingerprint density at radius 2 is 2.00 bits per heavy atom. The van der Waals surface area contributed by atoms with Crippen molar-refractivity contribution in [2.24, 2.45) is 0 Å². The molecule has 0 aliphatic heterocycles. The lowest BCUT2D eigenvalue weighted by molar-refractivity contribution is 0.0946. The van der Waals surface area contributed by atoms with Crippen molar-refractivity contribution in [1.29, 1.82) is 0 Å². The van der Waals surface area contributed by atoms with Crippen molar-refractivity contribution < 1.29 is 4.79 Å². The number of benzene rings is 1. The Kier molecular flexibility index (Phi) is 5.23. The number of rotatable bonds is 6. The molecule has 0 unspecified atom stereocenters. The highest BCUT2D eigenvalue weighted by molar-refractivity contribution is 5.99. The molecule has 0 spiro atoms. The monoisotopic (exact) mass is 282 g/mol. The topological polar surface area (TPSA) is 33.2 Å². The zero-order valence-corrected chi connectivity index (χ0v) is 13.0. The second kappa shape index (κ2) is 7.14. The van der Waals surface area contributed by atoms with Gasteiger partial charge in [-0.3, -0.25) is 14.7 Å². The fourth-order valence-electron chi connectivity index (χ4n) is 2.30. The van der Waals surface area contributed by atoms with E-state index in [1.807, 2.05) is 57.3 Å². The molecule has 0 fully saturated rings. The van der Waals surface area contributed by atoms with Gasteiger partial charge in [-0.1, -0.05) is 23.8 Å². The van der Waals surface area contributed by atoms with Crippen molar-refractivity contribution >= 4 is 5.78 Å². The van der Waals surface area contributed by atoms with Crippen LogP contribution in [0.1, 0.15) is 27.2 Å². The van der Waals surface area contributed by atoms with Gasteiger partial charge in [-0.25, -0.2) is 0 Å². The molecule has 0 aliphatic rings. The summed E-state index contributed by atoms with van der Waals surface area (Å²) in [5.41, 5.74) is 4.06. The molecule has 3 heteroatoms. The van der Waals surface area contributed by atoms with Crippen molar-refractivity contribution in [3.8, 4) is 0 Å². The summed E-state index contributed by atoms with van der Waals surface area (Å²) in [5, 5.41) is 0. The summed E-state index contributed by atoms with van der Waals surface area (Å²) in [5.74, 6) is 0.180. The van der Waals surface area contributed by atoms with Crippen LogP contribution in [-0.2, 0) is 6.42 Å². The molecular weight excluding hydrogens is 260 g/mol. The number of ketones is 1. The number of aromatic nitrogens is 1. The second-order valence-corrected chi connectivity index (χ2v) is 5.55. The highest BCUT2D eigenvalue weighted by Gasteiger charge is 2.12. The predicted octanol–water partition coefficient (Wildman–Crippen LogP) is 3.06. The SMILES string of the molecule is Cc1ccc(C)c(C(=O)CN(C)CCc2ccccn2)c1. The van der Waals surface area contributed by atoms with E-state index in [4.69, 9.17) is 0 Å². The number of carbonyl (C=O) groups excluding carboxylic acids is 1. The average Bonchev–Trinajstić information content (AvgIpc) is 2.48. The summed E-state index contributed by atoms with van der Waals surface area (Å²) in [6.45, 7) is 5.27. The van der Waals surface area contributed by atoms with Crippen molar-refractivity contribution in [2.45, 2.75) is 20.3 Å². The summed E-state index contributed by atoms with van der Waals surface area (Å²) >= 11 is 0. The van der Waals surface area contributed by atoms with Gasteiger partial charge in [0.1, 0.15) is 0 Å².